The molecule has 0 aliphatic carbocycles. The minimum Gasteiger partial charge on any atom is -0.487 e. The summed E-state index contributed by atoms with van der Waals surface area (Å²) >= 11 is 6.31. The van der Waals surface area contributed by atoms with Crippen LogP contribution in [0.2, 0.25) is 5.02 Å². The van der Waals surface area contributed by atoms with Crippen molar-refractivity contribution in [3.63, 3.8) is 0 Å². The second kappa shape index (κ2) is 11.9. The zero-order valence-electron chi connectivity index (χ0n) is 17.9. The van der Waals surface area contributed by atoms with E-state index in [0.29, 0.717) is 42.6 Å². The number of anilines is 1. The minimum absolute atomic E-state index is 0.0465. The van der Waals surface area contributed by atoms with Gasteiger partial charge in [-0.2, -0.15) is 0 Å². The SMILES string of the molecule is COCCOc1c(Cl)cccc1NC(=O)N1CCCCC[C@H]1C[C@H](O)c1ccccc1. The van der Waals surface area contributed by atoms with Crippen LogP contribution in [0.1, 0.15) is 43.8 Å². The number of nitrogens with one attached hydrogen (secondary N) is 1. The fourth-order valence-corrected chi connectivity index (χ4v) is 4.16. The molecule has 1 fully saturated rings. The Labute approximate surface area is 189 Å². The molecule has 0 saturated carbocycles. The lowest BCUT2D eigenvalue weighted by Gasteiger charge is -2.32. The summed E-state index contributed by atoms with van der Waals surface area (Å²) in [6.45, 7) is 1.40. The molecule has 0 bridgehead atoms. The van der Waals surface area contributed by atoms with Gasteiger partial charge in [0.2, 0.25) is 0 Å². The first kappa shape index (κ1) is 23.4. The van der Waals surface area contributed by atoms with Crippen molar-refractivity contribution >= 4 is 23.3 Å². The van der Waals surface area contributed by atoms with Crippen molar-refractivity contribution in [2.24, 2.45) is 0 Å². The zero-order valence-corrected chi connectivity index (χ0v) is 18.7. The van der Waals surface area contributed by atoms with Gasteiger partial charge in [-0.1, -0.05) is 60.8 Å². The molecule has 7 heteroatoms. The molecule has 0 aromatic heterocycles. The monoisotopic (exact) mass is 446 g/mol. The summed E-state index contributed by atoms with van der Waals surface area (Å²) in [6, 6.07) is 14.6. The second-order valence-corrected chi connectivity index (χ2v) is 8.15. The molecule has 1 aliphatic rings. The van der Waals surface area contributed by atoms with E-state index in [0.717, 1.165) is 31.2 Å². The average Bonchev–Trinajstić information content (AvgIpc) is 3.02. The lowest BCUT2D eigenvalue weighted by molar-refractivity contribution is 0.115. The number of urea groups is 1. The molecule has 2 aromatic rings. The Bertz CT molecular complexity index is 834. The van der Waals surface area contributed by atoms with Gasteiger partial charge in [0, 0.05) is 19.7 Å². The van der Waals surface area contributed by atoms with E-state index in [1.54, 1.807) is 25.3 Å². The molecule has 1 heterocycles. The number of aliphatic hydroxyl groups excluding tert-OH is 1. The van der Waals surface area contributed by atoms with Crippen LogP contribution in [0.15, 0.2) is 48.5 Å². The molecule has 2 aromatic carbocycles. The number of amides is 2. The van der Waals surface area contributed by atoms with Gasteiger partial charge >= 0.3 is 6.03 Å². The summed E-state index contributed by atoms with van der Waals surface area (Å²) in [7, 11) is 1.60. The van der Waals surface area contributed by atoms with Crippen LogP contribution >= 0.6 is 11.6 Å². The Morgan fingerprint density at radius 1 is 1.16 bits per heavy atom. The Balaban J connectivity index is 1.73. The van der Waals surface area contributed by atoms with Gasteiger partial charge in [-0.3, -0.25) is 0 Å². The van der Waals surface area contributed by atoms with E-state index in [1.165, 1.54) is 0 Å². The topological polar surface area (TPSA) is 71.0 Å². The van der Waals surface area contributed by atoms with E-state index in [-0.39, 0.29) is 12.1 Å². The van der Waals surface area contributed by atoms with Crippen LogP contribution in [0.3, 0.4) is 0 Å². The lowest BCUT2D eigenvalue weighted by atomic mass is 9.98. The van der Waals surface area contributed by atoms with E-state index in [4.69, 9.17) is 21.1 Å². The summed E-state index contributed by atoms with van der Waals surface area (Å²) < 4.78 is 10.8. The number of hydrogen-bond acceptors (Lipinski definition) is 4. The van der Waals surface area contributed by atoms with Gasteiger partial charge in [0.15, 0.2) is 5.75 Å². The fraction of sp³-hybridized carbons (Fsp3) is 0.458. The molecule has 6 nitrogen and oxygen atoms in total. The molecule has 31 heavy (non-hydrogen) atoms. The number of halogens is 1. The predicted octanol–water partition coefficient (Wildman–Crippen LogP) is 5.27. The second-order valence-electron chi connectivity index (χ2n) is 7.75. The van der Waals surface area contributed by atoms with Crippen molar-refractivity contribution in [2.75, 3.05) is 32.2 Å². The van der Waals surface area contributed by atoms with Gasteiger partial charge in [0.1, 0.15) is 6.61 Å². The highest BCUT2D eigenvalue weighted by atomic mass is 35.5. The van der Waals surface area contributed by atoms with Crippen molar-refractivity contribution in [1.82, 2.24) is 4.90 Å². The van der Waals surface area contributed by atoms with E-state index in [1.807, 2.05) is 35.2 Å². The number of likely N-dealkylation sites (tertiary alicyclic amines) is 1. The van der Waals surface area contributed by atoms with E-state index in [2.05, 4.69) is 5.32 Å². The van der Waals surface area contributed by atoms with Crippen LogP contribution in [0.5, 0.6) is 5.75 Å². The largest absolute Gasteiger partial charge is 0.487 e. The van der Waals surface area contributed by atoms with Crippen molar-refractivity contribution in [3.8, 4) is 5.75 Å². The summed E-state index contributed by atoms with van der Waals surface area (Å²) in [5.41, 5.74) is 1.40. The molecule has 2 amide bonds. The molecule has 0 radical (unpaired) electrons. The molecular formula is C24H31ClN2O4. The van der Waals surface area contributed by atoms with Crippen LogP contribution in [0.25, 0.3) is 0 Å². The molecule has 0 unspecified atom stereocenters. The third-order valence-corrected chi connectivity index (χ3v) is 5.86. The maximum Gasteiger partial charge on any atom is 0.322 e. The number of para-hydroxylation sites is 1. The maximum absolute atomic E-state index is 13.3. The number of aliphatic hydroxyl groups is 1. The Hall–Kier alpha value is -2.28. The molecule has 1 saturated heterocycles. The summed E-state index contributed by atoms with van der Waals surface area (Å²) in [5.74, 6) is 0.435. The number of ether oxygens (including phenoxy) is 2. The Morgan fingerprint density at radius 2 is 1.97 bits per heavy atom. The first-order valence-electron chi connectivity index (χ1n) is 10.8. The van der Waals surface area contributed by atoms with E-state index >= 15 is 0 Å². The normalized spacial score (nSPS) is 17.6. The number of rotatable bonds is 8. The zero-order chi connectivity index (χ0) is 22.1. The fourth-order valence-electron chi connectivity index (χ4n) is 3.93. The van der Waals surface area contributed by atoms with Crippen LogP contribution < -0.4 is 10.1 Å². The highest BCUT2D eigenvalue weighted by Crippen LogP contribution is 2.34. The maximum atomic E-state index is 13.3. The van der Waals surface area contributed by atoms with Crippen molar-refractivity contribution < 1.29 is 19.4 Å². The van der Waals surface area contributed by atoms with Crippen molar-refractivity contribution in [1.29, 1.82) is 0 Å². The highest BCUT2D eigenvalue weighted by Gasteiger charge is 2.28. The quantitative estimate of drug-likeness (QED) is 0.542. The summed E-state index contributed by atoms with van der Waals surface area (Å²) in [5, 5.41) is 14.2. The van der Waals surface area contributed by atoms with E-state index in [9.17, 15) is 9.90 Å². The summed E-state index contributed by atoms with van der Waals surface area (Å²) in [4.78, 5) is 15.1. The smallest absolute Gasteiger partial charge is 0.322 e. The minimum atomic E-state index is -0.612. The van der Waals surface area contributed by atoms with Gasteiger partial charge in [-0.05, 0) is 37.0 Å². The van der Waals surface area contributed by atoms with Gasteiger partial charge in [-0.15, -0.1) is 0 Å². The molecule has 2 N–H and O–H groups in total. The average molecular weight is 447 g/mol. The van der Waals surface area contributed by atoms with Crippen molar-refractivity contribution in [3.05, 3.63) is 59.1 Å². The molecule has 0 spiro atoms. The first-order valence-corrected chi connectivity index (χ1v) is 11.2. The first-order chi connectivity index (χ1) is 15.1. The number of nitrogens with zero attached hydrogens (tertiary/aromatic N) is 1. The number of methoxy groups -OCH3 is 1. The van der Waals surface area contributed by atoms with E-state index < -0.39 is 6.10 Å². The molecule has 3 rings (SSSR count). The van der Waals surface area contributed by atoms with Crippen molar-refractivity contribution in [2.45, 2.75) is 44.2 Å². The Kier molecular flexibility index (Phi) is 9.00. The van der Waals surface area contributed by atoms with Gasteiger partial charge in [0.25, 0.3) is 0 Å². The highest BCUT2D eigenvalue weighted by molar-refractivity contribution is 6.32. The van der Waals surface area contributed by atoms with Crippen LogP contribution in [0.4, 0.5) is 10.5 Å². The van der Waals surface area contributed by atoms with Gasteiger partial charge in [0.05, 0.1) is 23.4 Å². The molecular weight excluding hydrogens is 416 g/mol. The number of hydrogen-bond donors (Lipinski definition) is 2. The molecule has 2 atom stereocenters. The Morgan fingerprint density at radius 3 is 2.74 bits per heavy atom. The van der Waals surface area contributed by atoms with Crippen LogP contribution in [0, 0.1) is 0 Å². The predicted molar refractivity (Wildman–Crippen MR) is 123 cm³/mol. The standard InChI is InChI=1S/C24H31ClN2O4/c1-30-15-16-31-23-20(25)12-8-13-21(23)26-24(29)27-14-7-3-6-11-19(27)17-22(28)18-9-4-2-5-10-18/h2,4-5,8-10,12-13,19,22,28H,3,6-7,11,14-17H2,1H3,(H,26,29)/t19-,22-/m0/s1. The van der Waals surface area contributed by atoms with Gasteiger partial charge in [-0.25, -0.2) is 4.79 Å². The third kappa shape index (κ3) is 6.60. The van der Waals surface area contributed by atoms with Crippen LogP contribution in [-0.2, 0) is 4.74 Å². The molecule has 168 valence electrons. The number of benzene rings is 2. The number of carbonyl (C=O) groups is 1. The lowest BCUT2D eigenvalue weighted by Crippen LogP contribution is -2.43. The third-order valence-electron chi connectivity index (χ3n) is 5.56. The molecule has 1 aliphatic heterocycles. The summed E-state index contributed by atoms with van der Waals surface area (Å²) in [6.07, 6.45) is 3.81. The number of carbonyl (C=O) groups excluding carboxylic acids is 1. The van der Waals surface area contributed by atoms with Gasteiger partial charge < -0.3 is 24.8 Å². The van der Waals surface area contributed by atoms with Crippen LogP contribution in [-0.4, -0.2) is 48.9 Å².